The number of nitrogens with zero attached hydrogens (tertiary/aromatic N) is 1. The van der Waals surface area contributed by atoms with E-state index in [-0.39, 0.29) is 17.4 Å². The van der Waals surface area contributed by atoms with Crippen LogP contribution in [0.1, 0.15) is 31.9 Å². The minimum absolute atomic E-state index is 0.0882. The molecule has 1 aromatic carbocycles. The van der Waals surface area contributed by atoms with Crippen molar-refractivity contribution >= 4 is 11.6 Å². The number of halogens is 2. The topological polar surface area (TPSA) is 15.3 Å². The van der Waals surface area contributed by atoms with Crippen LogP contribution in [0.2, 0.25) is 5.02 Å². The molecule has 1 rings (SSSR count). The second kappa shape index (κ2) is 6.00. The molecule has 1 N–H and O–H groups in total. The second-order valence-electron chi connectivity index (χ2n) is 4.99. The van der Waals surface area contributed by atoms with Crippen molar-refractivity contribution < 1.29 is 4.39 Å². The van der Waals surface area contributed by atoms with Gasteiger partial charge in [-0.15, -0.1) is 0 Å². The van der Waals surface area contributed by atoms with Crippen LogP contribution in [0.5, 0.6) is 0 Å². The second-order valence-corrected chi connectivity index (χ2v) is 5.43. The number of benzene rings is 1. The molecule has 0 fully saturated rings. The van der Waals surface area contributed by atoms with E-state index in [0.717, 1.165) is 6.42 Å². The standard InChI is InChI=1S/C14H22ClFN2/c1-6-14(2,18(4)5)13(17-3)11-8-7-10(15)9-12(11)16/h7-9,13,17H,6H2,1-5H3. The molecular weight excluding hydrogens is 251 g/mol. The average molecular weight is 273 g/mol. The SMILES string of the molecule is CCC(C)(C(NC)c1ccc(Cl)cc1F)N(C)C. The number of nitrogens with one attached hydrogen (secondary N) is 1. The van der Waals surface area contributed by atoms with Crippen LogP contribution < -0.4 is 5.32 Å². The summed E-state index contributed by atoms with van der Waals surface area (Å²) in [5.41, 5.74) is 0.489. The van der Waals surface area contributed by atoms with Gasteiger partial charge in [0.2, 0.25) is 0 Å². The Morgan fingerprint density at radius 2 is 2.06 bits per heavy atom. The highest BCUT2D eigenvalue weighted by Crippen LogP contribution is 2.34. The molecule has 2 nitrogen and oxygen atoms in total. The number of hydrogen-bond donors (Lipinski definition) is 1. The smallest absolute Gasteiger partial charge is 0.129 e. The minimum atomic E-state index is -0.261. The average Bonchev–Trinajstić information content (AvgIpc) is 2.32. The van der Waals surface area contributed by atoms with Gasteiger partial charge in [-0.3, -0.25) is 0 Å². The largest absolute Gasteiger partial charge is 0.311 e. The molecular formula is C14H22ClFN2. The molecule has 0 aliphatic heterocycles. The van der Waals surface area contributed by atoms with Gasteiger partial charge in [0.05, 0.1) is 6.04 Å². The van der Waals surface area contributed by atoms with Crippen molar-refractivity contribution in [2.24, 2.45) is 0 Å². The first kappa shape index (κ1) is 15.4. The Morgan fingerprint density at radius 1 is 1.44 bits per heavy atom. The summed E-state index contributed by atoms with van der Waals surface area (Å²) in [5.74, 6) is -0.261. The first-order valence-corrected chi connectivity index (χ1v) is 6.54. The predicted octanol–water partition coefficient (Wildman–Crippen LogP) is 3.47. The summed E-state index contributed by atoms with van der Waals surface area (Å²) in [6, 6.07) is 4.77. The molecule has 0 radical (unpaired) electrons. The fraction of sp³-hybridized carbons (Fsp3) is 0.571. The Kier molecular flexibility index (Phi) is 5.14. The molecule has 2 atom stereocenters. The molecule has 0 aromatic heterocycles. The summed E-state index contributed by atoms with van der Waals surface area (Å²) in [4.78, 5) is 2.13. The third kappa shape index (κ3) is 2.85. The van der Waals surface area contributed by atoms with E-state index in [1.54, 1.807) is 12.1 Å². The molecule has 0 bridgehead atoms. The van der Waals surface area contributed by atoms with Gasteiger partial charge in [0.25, 0.3) is 0 Å². The van der Waals surface area contributed by atoms with Crippen LogP contribution in [0.15, 0.2) is 18.2 Å². The van der Waals surface area contributed by atoms with Crippen LogP contribution in [0, 0.1) is 5.82 Å². The maximum absolute atomic E-state index is 14.1. The van der Waals surface area contributed by atoms with Crippen molar-refractivity contribution in [3.05, 3.63) is 34.6 Å². The van der Waals surface area contributed by atoms with E-state index in [0.29, 0.717) is 10.6 Å². The summed E-state index contributed by atoms with van der Waals surface area (Å²) in [5, 5.41) is 3.65. The van der Waals surface area contributed by atoms with Crippen molar-refractivity contribution in [2.75, 3.05) is 21.1 Å². The van der Waals surface area contributed by atoms with E-state index in [9.17, 15) is 4.39 Å². The monoisotopic (exact) mass is 272 g/mol. The lowest BCUT2D eigenvalue weighted by molar-refractivity contribution is 0.115. The van der Waals surface area contributed by atoms with Crippen molar-refractivity contribution in [3.63, 3.8) is 0 Å². The molecule has 0 aliphatic carbocycles. The number of rotatable bonds is 5. The molecule has 0 aliphatic rings. The summed E-state index contributed by atoms with van der Waals surface area (Å²) in [7, 11) is 5.89. The van der Waals surface area contributed by atoms with Crippen molar-refractivity contribution in [2.45, 2.75) is 31.8 Å². The highest BCUT2D eigenvalue weighted by molar-refractivity contribution is 6.30. The van der Waals surface area contributed by atoms with Gasteiger partial charge < -0.3 is 10.2 Å². The molecule has 0 saturated heterocycles. The fourth-order valence-electron chi connectivity index (χ4n) is 2.32. The van der Waals surface area contributed by atoms with Gasteiger partial charge in [-0.1, -0.05) is 24.6 Å². The van der Waals surface area contributed by atoms with Crippen LogP contribution in [-0.4, -0.2) is 31.6 Å². The van der Waals surface area contributed by atoms with Crippen LogP contribution in [0.4, 0.5) is 4.39 Å². The van der Waals surface area contributed by atoms with E-state index < -0.39 is 0 Å². The van der Waals surface area contributed by atoms with E-state index >= 15 is 0 Å². The Morgan fingerprint density at radius 3 is 2.44 bits per heavy atom. The Hall–Kier alpha value is -0.640. The highest BCUT2D eigenvalue weighted by atomic mass is 35.5. The van der Waals surface area contributed by atoms with Gasteiger partial charge in [-0.2, -0.15) is 0 Å². The Balaban J connectivity index is 3.24. The van der Waals surface area contributed by atoms with Crippen LogP contribution in [0.25, 0.3) is 0 Å². The Labute approximate surface area is 114 Å². The third-order valence-electron chi connectivity index (χ3n) is 3.92. The van der Waals surface area contributed by atoms with Gasteiger partial charge in [-0.05, 0) is 46.6 Å². The quantitative estimate of drug-likeness (QED) is 0.883. The van der Waals surface area contributed by atoms with Gasteiger partial charge in [-0.25, -0.2) is 4.39 Å². The molecule has 4 heteroatoms. The van der Waals surface area contributed by atoms with E-state index in [4.69, 9.17) is 11.6 Å². The van der Waals surface area contributed by atoms with Gasteiger partial charge in [0.15, 0.2) is 0 Å². The van der Waals surface area contributed by atoms with Crippen LogP contribution >= 0.6 is 11.6 Å². The molecule has 0 heterocycles. The lowest BCUT2D eigenvalue weighted by atomic mass is 9.83. The van der Waals surface area contributed by atoms with Crippen molar-refractivity contribution in [3.8, 4) is 0 Å². The zero-order valence-corrected chi connectivity index (χ0v) is 12.5. The lowest BCUT2D eigenvalue weighted by Gasteiger charge is -2.43. The summed E-state index contributed by atoms with van der Waals surface area (Å²) >= 11 is 5.80. The van der Waals surface area contributed by atoms with Crippen LogP contribution in [0.3, 0.4) is 0 Å². The number of hydrogen-bond acceptors (Lipinski definition) is 2. The predicted molar refractivity (Wildman–Crippen MR) is 75.6 cm³/mol. The number of likely N-dealkylation sites (N-methyl/N-ethyl adjacent to an activating group) is 2. The molecule has 0 spiro atoms. The van der Waals surface area contributed by atoms with E-state index in [2.05, 4.69) is 24.1 Å². The third-order valence-corrected chi connectivity index (χ3v) is 4.16. The normalized spacial score (nSPS) is 16.7. The van der Waals surface area contributed by atoms with Gasteiger partial charge in [0, 0.05) is 16.1 Å². The zero-order valence-electron chi connectivity index (χ0n) is 11.7. The first-order chi connectivity index (χ1) is 8.36. The molecule has 102 valence electrons. The first-order valence-electron chi connectivity index (χ1n) is 6.16. The van der Waals surface area contributed by atoms with Crippen LogP contribution in [-0.2, 0) is 0 Å². The minimum Gasteiger partial charge on any atom is -0.311 e. The summed E-state index contributed by atoms with van der Waals surface area (Å²) in [6.07, 6.45) is 0.910. The van der Waals surface area contributed by atoms with Gasteiger partial charge in [0.1, 0.15) is 5.82 Å². The fourth-order valence-corrected chi connectivity index (χ4v) is 2.47. The zero-order chi connectivity index (χ0) is 13.9. The summed E-state index contributed by atoms with van der Waals surface area (Å²) < 4.78 is 14.1. The molecule has 0 amide bonds. The Bertz CT molecular complexity index is 409. The maximum atomic E-state index is 14.1. The molecule has 18 heavy (non-hydrogen) atoms. The summed E-state index contributed by atoms with van der Waals surface area (Å²) in [6.45, 7) is 4.24. The molecule has 2 unspecified atom stereocenters. The van der Waals surface area contributed by atoms with Gasteiger partial charge >= 0.3 is 0 Å². The van der Waals surface area contributed by atoms with Crippen molar-refractivity contribution in [1.29, 1.82) is 0 Å². The van der Waals surface area contributed by atoms with E-state index in [1.165, 1.54) is 6.07 Å². The maximum Gasteiger partial charge on any atom is 0.129 e. The molecule has 0 saturated carbocycles. The van der Waals surface area contributed by atoms with E-state index in [1.807, 2.05) is 21.1 Å². The molecule has 1 aromatic rings. The lowest BCUT2D eigenvalue weighted by Crippen LogP contribution is -2.50. The highest BCUT2D eigenvalue weighted by Gasteiger charge is 2.36. The van der Waals surface area contributed by atoms with Crippen molar-refractivity contribution in [1.82, 2.24) is 10.2 Å².